The van der Waals surface area contributed by atoms with Crippen LogP contribution in [0.1, 0.15) is 30.7 Å². The van der Waals surface area contributed by atoms with Crippen LogP contribution in [0.25, 0.3) is 0 Å². The predicted molar refractivity (Wildman–Crippen MR) is 99.2 cm³/mol. The van der Waals surface area contributed by atoms with Gasteiger partial charge in [0.2, 0.25) is 0 Å². The summed E-state index contributed by atoms with van der Waals surface area (Å²) in [5, 5.41) is 5.62. The van der Waals surface area contributed by atoms with Crippen LogP contribution in [0.2, 0.25) is 0 Å². The fourth-order valence-electron chi connectivity index (χ4n) is 2.45. The highest BCUT2D eigenvalue weighted by atomic mass is 32.1. The van der Waals surface area contributed by atoms with Crippen molar-refractivity contribution in [2.45, 2.75) is 32.5 Å². The number of thiazole rings is 1. The molecule has 1 heterocycles. The zero-order chi connectivity index (χ0) is 16.8. The van der Waals surface area contributed by atoms with Crippen molar-refractivity contribution in [3.8, 4) is 5.75 Å². The third-order valence-corrected chi connectivity index (χ3v) is 4.66. The molecule has 0 aliphatic heterocycles. The molecule has 0 saturated heterocycles. The fourth-order valence-corrected chi connectivity index (χ4v) is 2.99. The highest BCUT2D eigenvalue weighted by Crippen LogP contribution is 2.21. The van der Waals surface area contributed by atoms with Crippen molar-refractivity contribution in [1.29, 1.82) is 0 Å². The molecule has 0 atom stereocenters. The molecule has 3 rings (SSSR count). The molecular weight excluding hydrogens is 316 g/mol. The molecule has 0 spiro atoms. The lowest BCUT2D eigenvalue weighted by Gasteiger charge is -2.27. The molecule has 0 unspecified atom stereocenters. The topological polar surface area (TPSA) is 34.1 Å². The van der Waals surface area contributed by atoms with E-state index in [0.29, 0.717) is 6.61 Å². The van der Waals surface area contributed by atoms with Crippen molar-refractivity contribution < 1.29 is 4.74 Å². The lowest BCUT2D eigenvalue weighted by Crippen LogP contribution is -2.35. The van der Waals surface area contributed by atoms with Crippen LogP contribution in [0.5, 0.6) is 5.75 Å². The van der Waals surface area contributed by atoms with E-state index in [-0.39, 0.29) is 5.54 Å². The van der Waals surface area contributed by atoms with Crippen LogP contribution in [-0.2, 0) is 18.7 Å². The van der Waals surface area contributed by atoms with E-state index in [1.165, 1.54) is 11.1 Å². The first-order valence-corrected chi connectivity index (χ1v) is 8.97. The van der Waals surface area contributed by atoms with E-state index in [1.807, 2.05) is 29.1 Å². The average Bonchev–Trinajstić information content (AvgIpc) is 3.13. The second-order valence-electron chi connectivity index (χ2n) is 6.26. The molecule has 0 aliphatic carbocycles. The van der Waals surface area contributed by atoms with Gasteiger partial charge in [0.15, 0.2) is 0 Å². The van der Waals surface area contributed by atoms with Crippen molar-refractivity contribution in [3.05, 3.63) is 82.3 Å². The lowest BCUT2D eigenvalue weighted by atomic mass is 9.94. The number of rotatable bonds is 7. The Morgan fingerprint density at radius 3 is 2.46 bits per heavy atom. The third-order valence-electron chi connectivity index (χ3n) is 4.02. The van der Waals surface area contributed by atoms with Gasteiger partial charge in [-0.1, -0.05) is 42.5 Å². The Bertz CT molecular complexity index is 737. The summed E-state index contributed by atoms with van der Waals surface area (Å²) < 4.78 is 5.74. The molecule has 2 aromatic carbocycles. The number of nitrogens with zero attached hydrogens (tertiary/aromatic N) is 1. The second kappa shape index (κ2) is 7.60. The normalized spacial score (nSPS) is 11.4. The van der Waals surface area contributed by atoms with Crippen LogP contribution in [-0.4, -0.2) is 4.98 Å². The summed E-state index contributed by atoms with van der Waals surface area (Å²) in [7, 11) is 0. The first-order chi connectivity index (χ1) is 11.6. The zero-order valence-corrected chi connectivity index (χ0v) is 14.8. The van der Waals surface area contributed by atoms with E-state index < -0.39 is 0 Å². The predicted octanol–water partition coefficient (Wildman–Crippen LogP) is 4.75. The summed E-state index contributed by atoms with van der Waals surface area (Å²) in [5.41, 5.74) is 5.24. The number of hydrogen-bond donors (Lipinski definition) is 1. The van der Waals surface area contributed by atoms with Gasteiger partial charge in [-0.05, 0) is 37.1 Å². The summed E-state index contributed by atoms with van der Waals surface area (Å²) in [5.74, 6) is 0.870. The maximum atomic E-state index is 5.74. The maximum absolute atomic E-state index is 5.74. The highest BCUT2D eigenvalue weighted by molar-refractivity contribution is 7.07. The van der Waals surface area contributed by atoms with Crippen molar-refractivity contribution in [1.82, 2.24) is 10.3 Å². The Hall–Kier alpha value is -2.17. The number of aromatic nitrogens is 1. The number of nitrogens with one attached hydrogen (secondary N) is 1. The summed E-state index contributed by atoms with van der Waals surface area (Å²) in [4.78, 5) is 4.22. The Morgan fingerprint density at radius 2 is 1.79 bits per heavy atom. The SMILES string of the molecule is CC(C)(NCc1ccc(OCc2cscn2)cc1)c1ccccc1. The summed E-state index contributed by atoms with van der Waals surface area (Å²) in [6.45, 7) is 5.73. The van der Waals surface area contributed by atoms with Crippen molar-refractivity contribution in [3.63, 3.8) is 0 Å². The van der Waals surface area contributed by atoms with Gasteiger partial charge in [-0.2, -0.15) is 0 Å². The maximum Gasteiger partial charge on any atom is 0.131 e. The quantitative estimate of drug-likeness (QED) is 0.675. The van der Waals surface area contributed by atoms with Gasteiger partial charge in [0.25, 0.3) is 0 Å². The summed E-state index contributed by atoms with van der Waals surface area (Å²) in [6.07, 6.45) is 0. The van der Waals surface area contributed by atoms with Crippen molar-refractivity contribution in [2.75, 3.05) is 0 Å². The molecule has 4 heteroatoms. The van der Waals surface area contributed by atoms with Gasteiger partial charge in [0, 0.05) is 17.5 Å². The fraction of sp³-hybridized carbons (Fsp3) is 0.250. The Kier molecular flexibility index (Phi) is 5.28. The standard InChI is InChI=1S/C20H22N2OS/c1-20(2,17-6-4-3-5-7-17)22-12-16-8-10-19(11-9-16)23-13-18-14-24-15-21-18/h3-11,14-15,22H,12-13H2,1-2H3. The van der Waals surface area contributed by atoms with Gasteiger partial charge in [0.1, 0.15) is 12.4 Å². The van der Waals surface area contributed by atoms with Crippen LogP contribution in [0, 0.1) is 0 Å². The zero-order valence-electron chi connectivity index (χ0n) is 14.0. The monoisotopic (exact) mass is 338 g/mol. The summed E-state index contributed by atoms with van der Waals surface area (Å²) in [6, 6.07) is 18.7. The van der Waals surface area contributed by atoms with E-state index in [1.54, 1.807) is 11.3 Å². The molecular formula is C20H22N2OS. The Labute approximate surface area is 147 Å². The molecule has 1 N–H and O–H groups in total. The van der Waals surface area contributed by atoms with Gasteiger partial charge < -0.3 is 10.1 Å². The Morgan fingerprint density at radius 1 is 1.04 bits per heavy atom. The summed E-state index contributed by atoms with van der Waals surface area (Å²) >= 11 is 1.58. The van der Waals surface area contributed by atoms with Crippen LogP contribution in [0.3, 0.4) is 0 Å². The van der Waals surface area contributed by atoms with Gasteiger partial charge in [0.05, 0.1) is 11.2 Å². The first kappa shape index (κ1) is 16.7. The average molecular weight is 338 g/mol. The molecule has 24 heavy (non-hydrogen) atoms. The molecule has 0 amide bonds. The van der Waals surface area contributed by atoms with Gasteiger partial charge in [-0.25, -0.2) is 4.98 Å². The first-order valence-electron chi connectivity index (χ1n) is 8.03. The van der Waals surface area contributed by atoms with Gasteiger partial charge >= 0.3 is 0 Å². The molecule has 1 aromatic heterocycles. The molecule has 3 aromatic rings. The highest BCUT2D eigenvalue weighted by Gasteiger charge is 2.18. The number of ether oxygens (including phenoxy) is 1. The molecule has 124 valence electrons. The van der Waals surface area contributed by atoms with E-state index in [2.05, 4.69) is 60.5 Å². The minimum absolute atomic E-state index is 0.0684. The van der Waals surface area contributed by atoms with Crippen LogP contribution in [0.4, 0.5) is 0 Å². The lowest BCUT2D eigenvalue weighted by molar-refractivity contribution is 0.302. The molecule has 3 nitrogen and oxygen atoms in total. The van der Waals surface area contributed by atoms with Gasteiger partial charge in [-0.15, -0.1) is 11.3 Å². The van der Waals surface area contributed by atoms with Crippen molar-refractivity contribution >= 4 is 11.3 Å². The molecule has 0 bridgehead atoms. The molecule has 0 radical (unpaired) electrons. The van der Waals surface area contributed by atoms with Crippen LogP contribution < -0.4 is 10.1 Å². The number of benzene rings is 2. The minimum Gasteiger partial charge on any atom is -0.487 e. The van der Waals surface area contributed by atoms with E-state index in [0.717, 1.165) is 18.0 Å². The smallest absolute Gasteiger partial charge is 0.131 e. The number of hydrogen-bond acceptors (Lipinski definition) is 4. The largest absolute Gasteiger partial charge is 0.487 e. The second-order valence-corrected chi connectivity index (χ2v) is 6.98. The van der Waals surface area contributed by atoms with Gasteiger partial charge in [-0.3, -0.25) is 0 Å². The molecule has 0 aliphatic rings. The molecule has 0 saturated carbocycles. The minimum atomic E-state index is -0.0684. The Balaban J connectivity index is 1.54. The van der Waals surface area contributed by atoms with E-state index in [4.69, 9.17) is 4.74 Å². The van der Waals surface area contributed by atoms with Crippen LogP contribution >= 0.6 is 11.3 Å². The molecule has 0 fully saturated rings. The van der Waals surface area contributed by atoms with Crippen molar-refractivity contribution in [2.24, 2.45) is 0 Å². The van der Waals surface area contributed by atoms with Crippen LogP contribution in [0.15, 0.2) is 65.5 Å². The van der Waals surface area contributed by atoms with E-state index in [9.17, 15) is 0 Å². The third kappa shape index (κ3) is 4.43. The van der Waals surface area contributed by atoms with E-state index >= 15 is 0 Å².